The van der Waals surface area contributed by atoms with Crippen molar-refractivity contribution in [2.75, 3.05) is 5.32 Å². The van der Waals surface area contributed by atoms with Gasteiger partial charge in [0, 0.05) is 24.5 Å². The van der Waals surface area contributed by atoms with E-state index >= 15 is 0 Å². The molecule has 0 aromatic carbocycles. The molecule has 2 aliphatic rings. The molecule has 3 rings (SSSR count). The standard InChI is InChI=1S/C10H15N3/c1-7-6-9(7)12-10-11-4-5-13(10)8-2-3-8/h4-5,7-9H,2-3,6H2,1H3,(H,11,12). The second-order valence-corrected chi connectivity index (χ2v) is 4.35. The molecule has 70 valence electrons. The lowest BCUT2D eigenvalue weighted by atomic mass is 10.5. The quantitative estimate of drug-likeness (QED) is 0.765. The SMILES string of the molecule is CC1CC1Nc1nccn1C1CC1. The molecule has 0 bridgehead atoms. The van der Waals surface area contributed by atoms with Crippen molar-refractivity contribution in [3.8, 4) is 0 Å². The third-order valence-electron chi connectivity index (χ3n) is 3.03. The molecule has 1 N–H and O–H groups in total. The van der Waals surface area contributed by atoms with E-state index in [1.165, 1.54) is 19.3 Å². The van der Waals surface area contributed by atoms with Crippen molar-refractivity contribution in [3.05, 3.63) is 12.4 Å². The fraction of sp³-hybridized carbons (Fsp3) is 0.700. The molecule has 2 unspecified atom stereocenters. The van der Waals surface area contributed by atoms with Gasteiger partial charge in [0.1, 0.15) is 0 Å². The molecule has 2 saturated carbocycles. The summed E-state index contributed by atoms with van der Waals surface area (Å²) in [7, 11) is 0. The number of aromatic nitrogens is 2. The number of nitrogens with one attached hydrogen (secondary N) is 1. The van der Waals surface area contributed by atoms with Crippen molar-refractivity contribution >= 4 is 5.95 Å². The summed E-state index contributed by atoms with van der Waals surface area (Å²) in [4.78, 5) is 4.34. The molecule has 2 aliphatic carbocycles. The zero-order valence-corrected chi connectivity index (χ0v) is 7.90. The summed E-state index contributed by atoms with van der Waals surface area (Å²) >= 11 is 0. The van der Waals surface area contributed by atoms with Crippen molar-refractivity contribution < 1.29 is 0 Å². The van der Waals surface area contributed by atoms with E-state index in [9.17, 15) is 0 Å². The summed E-state index contributed by atoms with van der Waals surface area (Å²) in [6, 6.07) is 1.42. The van der Waals surface area contributed by atoms with E-state index in [-0.39, 0.29) is 0 Å². The van der Waals surface area contributed by atoms with Gasteiger partial charge in [0.05, 0.1) is 0 Å². The first-order chi connectivity index (χ1) is 6.34. The van der Waals surface area contributed by atoms with Crippen LogP contribution in [0.5, 0.6) is 0 Å². The van der Waals surface area contributed by atoms with Crippen LogP contribution in [0.3, 0.4) is 0 Å². The second kappa shape index (κ2) is 2.50. The molecule has 1 aromatic heterocycles. The normalized spacial score (nSPS) is 31.8. The maximum absolute atomic E-state index is 4.34. The van der Waals surface area contributed by atoms with E-state index in [2.05, 4.69) is 28.0 Å². The minimum Gasteiger partial charge on any atom is -0.353 e. The molecule has 0 aliphatic heterocycles. The van der Waals surface area contributed by atoms with Gasteiger partial charge in [-0.25, -0.2) is 4.98 Å². The molecule has 1 heterocycles. The summed E-state index contributed by atoms with van der Waals surface area (Å²) in [5.41, 5.74) is 0. The lowest BCUT2D eigenvalue weighted by Gasteiger charge is -2.07. The number of hydrogen-bond acceptors (Lipinski definition) is 2. The van der Waals surface area contributed by atoms with Crippen LogP contribution in [0.25, 0.3) is 0 Å². The van der Waals surface area contributed by atoms with Gasteiger partial charge in [-0.2, -0.15) is 0 Å². The Labute approximate surface area is 78.2 Å². The van der Waals surface area contributed by atoms with Gasteiger partial charge in [-0.1, -0.05) is 6.92 Å². The van der Waals surface area contributed by atoms with Gasteiger partial charge in [-0.15, -0.1) is 0 Å². The highest BCUT2D eigenvalue weighted by Crippen LogP contribution is 2.38. The number of nitrogens with zero attached hydrogens (tertiary/aromatic N) is 2. The fourth-order valence-corrected chi connectivity index (χ4v) is 1.76. The summed E-state index contributed by atoms with van der Waals surface area (Å²) in [6.45, 7) is 2.28. The summed E-state index contributed by atoms with van der Waals surface area (Å²) in [5.74, 6) is 1.92. The third kappa shape index (κ3) is 1.32. The number of imidazole rings is 1. The van der Waals surface area contributed by atoms with Crippen LogP contribution in [0.2, 0.25) is 0 Å². The Bertz CT molecular complexity index is 314. The zero-order valence-electron chi connectivity index (χ0n) is 7.90. The predicted molar refractivity (Wildman–Crippen MR) is 51.7 cm³/mol. The average molecular weight is 177 g/mol. The number of rotatable bonds is 3. The lowest BCUT2D eigenvalue weighted by Crippen LogP contribution is -2.09. The Kier molecular flexibility index (Phi) is 1.43. The van der Waals surface area contributed by atoms with Gasteiger partial charge in [-0.05, 0) is 25.2 Å². The molecule has 0 radical (unpaired) electrons. The van der Waals surface area contributed by atoms with E-state index in [0.29, 0.717) is 6.04 Å². The van der Waals surface area contributed by atoms with Gasteiger partial charge >= 0.3 is 0 Å². The maximum atomic E-state index is 4.34. The molecule has 2 fully saturated rings. The molecule has 3 heteroatoms. The first-order valence-corrected chi connectivity index (χ1v) is 5.14. The van der Waals surface area contributed by atoms with Crippen molar-refractivity contribution in [1.82, 2.24) is 9.55 Å². The number of hydrogen-bond donors (Lipinski definition) is 1. The second-order valence-electron chi connectivity index (χ2n) is 4.35. The first kappa shape index (κ1) is 7.42. The van der Waals surface area contributed by atoms with Gasteiger partial charge in [0.2, 0.25) is 5.95 Å². The van der Waals surface area contributed by atoms with E-state index < -0.39 is 0 Å². The summed E-state index contributed by atoms with van der Waals surface area (Å²) in [6.07, 6.45) is 7.94. The monoisotopic (exact) mass is 177 g/mol. The highest BCUT2D eigenvalue weighted by Gasteiger charge is 2.34. The molecule has 0 saturated heterocycles. The van der Waals surface area contributed by atoms with Gasteiger partial charge < -0.3 is 9.88 Å². The molecule has 0 amide bonds. The van der Waals surface area contributed by atoms with Crippen LogP contribution in [-0.4, -0.2) is 15.6 Å². The zero-order chi connectivity index (χ0) is 8.84. The smallest absolute Gasteiger partial charge is 0.203 e. The van der Waals surface area contributed by atoms with Gasteiger partial charge in [-0.3, -0.25) is 0 Å². The lowest BCUT2D eigenvalue weighted by molar-refractivity contribution is 0.739. The molecule has 1 aromatic rings. The van der Waals surface area contributed by atoms with Crippen LogP contribution < -0.4 is 5.32 Å². The molecule has 2 atom stereocenters. The van der Waals surface area contributed by atoms with Crippen molar-refractivity contribution in [2.24, 2.45) is 5.92 Å². The van der Waals surface area contributed by atoms with Crippen LogP contribution in [0.1, 0.15) is 32.2 Å². The Morgan fingerprint density at radius 1 is 1.54 bits per heavy atom. The highest BCUT2D eigenvalue weighted by atomic mass is 15.2. The molecular weight excluding hydrogens is 162 g/mol. The van der Waals surface area contributed by atoms with Crippen LogP contribution in [0.4, 0.5) is 5.95 Å². The van der Waals surface area contributed by atoms with Gasteiger partial charge in [0.25, 0.3) is 0 Å². The summed E-state index contributed by atoms with van der Waals surface area (Å²) in [5, 5.41) is 3.49. The Balaban J connectivity index is 1.75. The molecule has 3 nitrogen and oxygen atoms in total. The van der Waals surface area contributed by atoms with E-state index in [1.54, 1.807) is 0 Å². The van der Waals surface area contributed by atoms with Crippen LogP contribution in [-0.2, 0) is 0 Å². The van der Waals surface area contributed by atoms with Gasteiger partial charge in [0.15, 0.2) is 0 Å². The Morgan fingerprint density at radius 2 is 2.31 bits per heavy atom. The fourth-order valence-electron chi connectivity index (χ4n) is 1.76. The van der Waals surface area contributed by atoms with E-state index in [0.717, 1.165) is 17.9 Å². The Hall–Kier alpha value is -0.990. The minimum absolute atomic E-state index is 0.680. The van der Waals surface area contributed by atoms with E-state index in [4.69, 9.17) is 0 Å². The van der Waals surface area contributed by atoms with Crippen LogP contribution in [0, 0.1) is 5.92 Å². The average Bonchev–Trinajstić information content (AvgIpc) is 3.00. The third-order valence-corrected chi connectivity index (χ3v) is 3.03. The van der Waals surface area contributed by atoms with Crippen molar-refractivity contribution in [3.63, 3.8) is 0 Å². The minimum atomic E-state index is 0.680. The summed E-state index contributed by atoms with van der Waals surface area (Å²) < 4.78 is 2.28. The van der Waals surface area contributed by atoms with Crippen molar-refractivity contribution in [2.45, 2.75) is 38.3 Å². The van der Waals surface area contributed by atoms with E-state index in [1.807, 2.05) is 6.20 Å². The van der Waals surface area contributed by atoms with Crippen molar-refractivity contribution in [1.29, 1.82) is 0 Å². The molecule has 13 heavy (non-hydrogen) atoms. The number of anilines is 1. The predicted octanol–water partition coefficient (Wildman–Crippen LogP) is 2.04. The maximum Gasteiger partial charge on any atom is 0.203 e. The Morgan fingerprint density at radius 3 is 2.92 bits per heavy atom. The largest absolute Gasteiger partial charge is 0.353 e. The topological polar surface area (TPSA) is 29.9 Å². The molecule has 0 spiro atoms. The van der Waals surface area contributed by atoms with Crippen LogP contribution in [0.15, 0.2) is 12.4 Å². The molecular formula is C10H15N3. The first-order valence-electron chi connectivity index (χ1n) is 5.14. The highest BCUT2D eigenvalue weighted by molar-refractivity contribution is 5.32. The van der Waals surface area contributed by atoms with Crippen LogP contribution >= 0.6 is 0 Å².